The first-order valence-corrected chi connectivity index (χ1v) is 11.8. The van der Waals surface area contributed by atoms with Crippen LogP contribution in [0, 0.1) is 20.8 Å². The number of nitrogens with one attached hydrogen (secondary N) is 4. The van der Waals surface area contributed by atoms with Crippen molar-refractivity contribution in [1.29, 1.82) is 0 Å². The normalized spacial score (nSPS) is 11.2. The summed E-state index contributed by atoms with van der Waals surface area (Å²) in [7, 11) is -3.71. The highest BCUT2D eigenvalue weighted by molar-refractivity contribution is 7.89. The number of rotatable bonds is 9. The highest BCUT2D eigenvalue weighted by Crippen LogP contribution is 2.20. The summed E-state index contributed by atoms with van der Waals surface area (Å²) in [6.45, 7) is 7.30. The van der Waals surface area contributed by atoms with E-state index in [1.54, 1.807) is 38.2 Å². The Balaban J connectivity index is 1.59. The molecule has 3 aromatic rings. The SMILES string of the molecule is CC(=O)Nc1ccc(S(=O)(=O)NCCNc2cc(Nc3cc(C)ccn3)nc(C)n2)c(C)c1. The van der Waals surface area contributed by atoms with Crippen LogP contribution in [0.15, 0.2) is 47.5 Å². The Labute approximate surface area is 193 Å². The van der Waals surface area contributed by atoms with Crippen LogP contribution in [-0.4, -0.2) is 42.4 Å². The van der Waals surface area contributed by atoms with Gasteiger partial charge in [-0.3, -0.25) is 4.79 Å². The van der Waals surface area contributed by atoms with E-state index in [1.807, 2.05) is 19.1 Å². The summed E-state index contributed by atoms with van der Waals surface area (Å²) in [5.41, 5.74) is 2.16. The number of anilines is 4. The fourth-order valence-electron chi connectivity index (χ4n) is 3.14. The first-order valence-electron chi connectivity index (χ1n) is 10.3. The number of amides is 1. The predicted octanol–water partition coefficient (Wildman–Crippen LogP) is 2.89. The lowest BCUT2D eigenvalue weighted by molar-refractivity contribution is -0.114. The van der Waals surface area contributed by atoms with Crippen LogP contribution in [0.1, 0.15) is 23.9 Å². The molecule has 0 atom stereocenters. The van der Waals surface area contributed by atoms with Gasteiger partial charge in [0, 0.05) is 38.0 Å². The van der Waals surface area contributed by atoms with Gasteiger partial charge >= 0.3 is 0 Å². The van der Waals surface area contributed by atoms with Crippen molar-refractivity contribution in [3.8, 4) is 0 Å². The maximum atomic E-state index is 12.7. The second kappa shape index (κ2) is 10.4. The fourth-order valence-corrected chi connectivity index (χ4v) is 4.40. The van der Waals surface area contributed by atoms with Crippen molar-refractivity contribution in [3.05, 3.63) is 59.5 Å². The van der Waals surface area contributed by atoms with Gasteiger partial charge in [-0.25, -0.2) is 28.1 Å². The molecule has 4 N–H and O–H groups in total. The van der Waals surface area contributed by atoms with Crippen molar-refractivity contribution in [1.82, 2.24) is 19.7 Å². The molecule has 0 aliphatic heterocycles. The van der Waals surface area contributed by atoms with Gasteiger partial charge in [0.2, 0.25) is 15.9 Å². The monoisotopic (exact) mass is 469 g/mol. The van der Waals surface area contributed by atoms with Gasteiger partial charge in [0.05, 0.1) is 4.90 Å². The Bertz CT molecular complexity index is 1260. The van der Waals surface area contributed by atoms with E-state index in [9.17, 15) is 13.2 Å². The molecule has 11 heteroatoms. The van der Waals surface area contributed by atoms with Crippen molar-refractivity contribution in [3.63, 3.8) is 0 Å². The zero-order chi connectivity index (χ0) is 24.0. The summed E-state index contributed by atoms with van der Waals surface area (Å²) < 4.78 is 27.9. The van der Waals surface area contributed by atoms with Gasteiger partial charge in [-0.2, -0.15) is 0 Å². The van der Waals surface area contributed by atoms with Crippen LogP contribution in [0.5, 0.6) is 0 Å². The molecule has 1 amide bonds. The van der Waals surface area contributed by atoms with Crippen LogP contribution in [0.3, 0.4) is 0 Å². The van der Waals surface area contributed by atoms with Gasteiger partial charge in [0.1, 0.15) is 23.3 Å². The zero-order valence-electron chi connectivity index (χ0n) is 18.9. The first-order chi connectivity index (χ1) is 15.6. The average molecular weight is 470 g/mol. The highest BCUT2D eigenvalue weighted by atomic mass is 32.2. The molecule has 2 aromatic heterocycles. The molecule has 0 radical (unpaired) electrons. The molecule has 1 aromatic carbocycles. The summed E-state index contributed by atoms with van der Waals surface area (Å²) in [5, 5.41) is 8.89. The van der Waals surface area contributed by atoms with Crippen molar-refractivity contribution in [2.45, 2.75) is 32.6 Å². The predicted molar refractivity (Wildman–Crippen MR) is 128 cm³/mol. The van der Waals surface area contributed by atoms with E-state index in [2.05, 4.69) is 35.6 Å². The molecule has 0 bridgehead atoms. The Morgan fingerprint density at radius 2 is 1.70 bits per heavy atom. The minimum absolute atomic E-state index is 0.153. The lowest BCUT2D eigenvalue weighted by Gasteiger charge is -2.12. The van der Waals surface area contributed by atoms with Crippen LogP contribution >= 0.6 is 0 Å². The van der Waals surface area contributed by atoms with E-state index in [-0.39, 0.29) is 17.3 Å². The van der Waals surface area contributed by atoms with E-state index < -0.39 is 10.0 Å². The molecule has 0 spiro atoms. The molecular formula is C22H27N7O3S. The molecule has 0 fully saturated rings. The summed E-state index contributed by atoms with van der Waals surface area (Å²) in [5.74, 6) is 2.16. The number of benzene rings is 1. The Morgan fingerprint density at radius 3 is 2.39 bits per heavy atom. The molecule has 33 heavy (non-hydrogen) atoms. The standard InChI is InChI=1S/C22H27N7O3S/c1-14-7-8-23-20(11-14)29-22-13-21(26-16(3)27-22)24-9-10-25-33(31,32)19-6-5-18(12-15(19)2)28-17(4)30/h5-8,11-13,25H,9-10H2,1-4H3,(H,28,30)(H2,23,24,26,27,29). The van der Waals surface area contributed by atoms with E-state index in [0.29, 0.717) is 41.1 Å². The largest absolute Gasteiger partial charge is 0.369 e. The third-order valence-electron chi connectivity index (χ3n) is 4.52. The van der Waals surface area contributed by atoms with Gasteiger partial charge in [-0.15, -0.1) is 0 Å². The van der Waals surface area contributed by atoms with Crippen molar-refractivity contribution < 1.29 is 13.2 Å². The minimum atomic E-state index is -3.71. The van der Waals surface area contributed by atoms with Crippen LogP contribution < -0.4 is 20.7 Å². The van der Waals surface area contributed by atoms with Gasteiger partial charge in [0.25, 0.3) is 0 Å². The molecule has 2 heterocycles. The first kappa shape index (κ1) is 24.1. The van der Waals surface area contributed by atoms with Gasteiger partial charge in [-0.1, -0.05) is 0 Å². The van der Waals surface area contributed by atoms with E-state index in [0.717, 1.165) is 5.56 Å². The van der Waals surface area contributed by atoms with Crippen LogP contribution in [0.4, 0.5) is 23.1 Å². The number of nitrogens with zero attached hydrogens (tertiary/aromatic N) is 3. The van der Waals surface area contributed by atoms with Gasteiger partial charge in [0.15, 0.2) is 0 Å². The molecule has 0 unspecified atom stereocenters. The van der Waals surface area contributed by atoms with Crippen LogP contribution in [0.2, 0.25) is 0 Å². The van der Waals surface area contributed by atoms with Gasteiger partial charge < -0.3 is 16.0 Å². The quantitative estimate of drug-likeness (QED) is 0.351. The third kappa shape index (κ3) is 6.96. The molecule has 3 rings (SSSR count). The fraction of sp³-hybridized carbons (Fsp3) is 0.273. The number of aromatic nitrogens is 3. The molecule has 0 saturated heterocycles. The lowest BCUT2D eigenvalue weighted by atomic mass is 10.2. The number of pyridine rings is 1. The third-order valence-corrected chi connectivity index (χ3v) is 6.14. The second-order valence-electron chi connectivity index (χ2n) is 7.52. The van der Waals surface area contributed by atoms with Crippen molar-refractivity contribution >= 4 is 39.1 Å². The van der Waals surface area contributed by atoms with E-state index >= 15 is 0 Å². The van der Waals surface area contributed by atoms with E-state index in [4.69, 9.17) is 0 Å². The Morgan fingerprint density at radius 1 is 0.939 bits per heavy atom. The average Bonchev–Trinajstić information content (AvgIpc) is 2.70. The summed E-state index contributed by atoms with van der Waals surface area (Å²) in [6.07, 6.45) is 1.71. The van der Waals surface area contributed by atoms with Crippen LogP contribution in [-0.2, 0) is 14.8 Å². The number of hydrogen-bond donors (Lipinski definition) is 4. The minimum Gasteiger partial charge on any atom is -0.369 e. The molecule has 174 valence electrons. The Kier molecular flexibility index (Phi) is 7.56. The van der Waals surface area contributed by atoms with Crippen molar-refractivity contribution in [2.75, 3.05) is 29.0 Å². The van der Waals surface area contributed by atoms with Crippen molar-refractivity contribution in [2.24, 2.45) is 0 Å². The Hall–Kier alpha value is -3.57. The molecule has 0 aliphatic rings. The number of aryl methyl sites for hydroxylation is 3. The smallest absolute Gasteiger partial charge is 0.240 e. The molecular weight excluding hydrogens is 442 g/mol. The molecule has 0 aliphatic carbocycles. The summed E-state index contributed by atoms with van der Waals surface area (Å²) in [4.78, 5) is 24.3. The second-order valence-corrected chi connectivity index (χ2v) is 9.25. The van der Waals surface area contributed by atoms with Crippen LogP contribution in [0.25, 0.3) is 0 Å². The number of carbonyl (C=O) groups is 1. The topological polar surface area (TPSA) is 138 Å². The lowest BCUT2D eigenvalue weighted by Crippen LogP contribution is -2.29. The molecule has 10 nitrogen and oxygen atoms in total. The van der Waals surface area contributed by atoms with Gasteiger partial charge in [-0.05, 0) is 62.2 Å². The van der Waals surface area contributed by atoms with E-state index in [1.165, 1.54) is 13.0 Å². The maximum Gasteiger partial charge on any atom is 0.240 e. The highest BCUT2D eigenvalue weighted by Gasteiger charge is 2.16. The number of sulfonamides is 1. The maximum absolute atomic E-state index is 12.7. The summed E-state index contributed by atoms with van der Waals surface area (Å²) >= 11 is 0. The molecule has 0 saturated carbocycles. The number of carbonyl (C=O) groups excluding carboxylic acids is 1. The number of hydrogen-bond acceptors (Lipinski definition) is 8. The zero-order valence-corrected chi connectivity index (χ0v) is 19.7. The summed E-state index contributed by atoms with van der Waals surface area (Å²) in [6, 6.07) is 10.2.